The maximum Gasteiger partial charge on any atom is 0.227 e. The van der Waals surface area contributed by atoms with E-state index in [1.807, 2.05) is 12.3 Å². The summed E-state index contributed by atoms with van der Waals surface area (Å²) in [6.07, 6.45) is 12.1. The highest BCUT2D eigenvalue weighted by Gasteiger charge is 2.25. The molecule has 0 N–H and O–H groups in total. The first-order valence-electron chi connectivity index (χ1n) is 11.9. The summed E-state index contributed by atoms with van der Waals surface area (Å²) in [4.78, 5) is 4.53. The van der Waals surface area contributed by atoms with Gasteiger partial charge in [0.05, 0.1) is 5.56 Å². The van der Waals surface area contributed by atoms with Crippen LogP contribution in [0.4, 0.5) is 0 Å². The second-order valence-electron chi connectivity index (χ2n) is 9.45. The van der Waals surface area contributed by atoms with Crippen LogP contribution < -0.4 is 4.57 Å². The van der Waals surface area contributed by atoms with Crippen LogP contribution in [0, 0.1) is 12.8 Å². The van der Waals surface area contributed by atoms with Crippen molar-refractivity contribution in [2.75, 3.05) is 0 Å². The summed E-state index contributed by atoms with van der Waals surface area (Å²) in [5, 5.41) is 4.76. The van der Waals surface area contributed by atoms with Gasteiger partial charge in [0.15, 0.2) is 11.8 Å². The molecule has 3 aromatic heterocycles. The van der Waals surface area contributed by atoms with Crippen molar-refractivity contribution in [3.8, 4) is 11.3 Å². The highest BCUT2D eigenvalue weighted by Crippen LogP contribution is 2.42. The number of benzene rings is 2. The Labute approximate surface area is 188 Å². The van der Waals surface area contributed by atoms with Crippen LogP contribution in [0.15, 0.2) is 65.3 Å². The molecular weight excluding hydrogens is 392 g/mol. The summed E-state index contributed by atoms with van der Waals surface area (Å²) in [5.41, 5.74) is 6.74. The number of rotatable bonds is 3. The molecule has 5 aromatic rings. The number of pyridine rings is 2. The zero-order valence-electron chi connectivity index (χ0n) is 18.9. The number of hydrogen-bond donors (Lipinski definition) is 0. The van der Waals surface area contributed by atoms with Gasteiger partial charge in [-0.3, -0.25) is 0 Å². The number of aromatic nitrogens is 2. The molecule has 2 aromatic carbocycles. The molecule has 1 fully saturated rings. The molecule has 3 heterocycles. The van der Waals surface area contributed by atoms with Gasteiger partial charge in [-0.15, -0.1) is 0 Å². The molecule has 0 radical (unpaired) electrons. The fraction of sp³-hybridized carbons (Fsp3) is 0.310. The minimum atomic E-state index is 0.709. The van der Waals surface area contributed by atoms with Crippen molar-refractivity contribution in [3.05, 3.63) is 72.1 Å². The molecule has 1 aliphatic rings. The van der Waals surface area contributed by atoms with Crippen molar-refractivity contribution in [1.82, 2.24) is 4.98 Å². The van der Waals surface area contributed by atoms with Crippen LogP contribution in [0.25, 0.3) is 44.1 Å². The number of furan rings is 1. The zero-order valence-corrected chi connectivity index (χ0v) is 18.9. The molecule has 0 atom stereocenters. The monoisotopic (exact) mass is 421 g/mol. The van der Waals surface area contributed by atoms with E-state index in [1.54, 1.807) is 0 Å². The summed E-state index contributed by atoms with van der Waals surface area (Å²) < 4.78 is 8.68. The molecule has 160 valence electrons. The summed E-state index contributed by atoms with van der Waals surface area (Å²) in [7, 11) is 2.14. The molecule has 0 aliphatic heterocycles. The summed E-state index contributed by atoms with van der Waals surface area (Å²) in [6.45, 7) is 2.23. The van der Waals surface area contributed by atoms with Crippen molar-refractivity contribution in [3.63, 3.8) is 0 Å². The Morgan fingerprint density at radius 3 is 2.59 bits per heavy atom. The first-order valence-corrected chi connectivity index (χ1v) is 11.9. The van der Waals surface area contributed by atoms with E-state index in [0.29, 0.717) is 5.71 Å². The van der Waals surface area contributed by atoms with Gasteiger partial charge in [0.1, 0.15) is 7.05 Å². The Hall–Kier alpha value is -3.20. The first-order chi connectivity index (χ1) is 15.7. The molecule has 1 aliphatic carbocycles. The average Bonchev–Trinajstić information content (AvgIpc) is 3.21. The molecule has 6 rings (SSSR count). The Morgan fingerprint density at radius 1 is 0.969 bits per heavy atom. The average molecular weight is 422 g/mol. The smallest absolute Gasteiger partial charge is 0.227 e. The van der Waals surface area contributed by atoms with Crippen LogP contribution in [0.5, 0.6) is 0 Å². The van der Waals surface area contributed by atoms with E-state index in [1.165, 1.54) is 77.1 Å². The number of fused-ring (bicyclic) bond motifs is 5. The SMILES string of the molecule is Cc1c(-c2cc(CC3CCCCC3)cc[n+]2C)c2oc3ncccc3c2c2ccccc12. The van der Waals surface area contributed by atoms with Crippen molar-refractivity contribution < 1.29 is 8.98 Å². The van der Waals surface area contributed by atoms with E-state index in [4.69, 9.17) is 4.42 Å². The zero-order chi connectivity index (χ0) is 21.7. The van der Waals surface area contributed by atoms with E-state index in [0.717, 1.165) is 16.9 Å². The van der Waals surface area contributed by atoms with E-state index in [-0.39, 0.29) is 0 Å². The van der Waals surface area contributed by atoms with Crippen molar-refractivity contribution in [2.24, 2.45) is 13.0 Å². The maximum absolute atomic E-state index is 6.45. The summed E-state index contributed by atoms with van der Waals surface area (Å²) in [6, 6.07) is 17.5. The lowest BCUT2D eigenvalue weighted by Gasteiger charge is -2.21. The number of hydrogen-bond acceptors (Lipinski definition) is 2. The van der Waals surface area contributed by atoms with Crippen LogP contribution in [0.2, 0.25) is 0 Å². The molecule has 0 amide bonds. The Balaban J connectivity index is 1.62. The molecular formula is C29H29N2O+. The molecule has 1 saturated carbocycles. The fourth-order valence-corrected chi connectivity index (χ4v) is 5.73. The number of aryl methyl sites for hydroxylation is 2. The lowest BCUT2D eigenvalue weighted by Crippen LogP contribution is -2.31. The van der Waals surface area contributed by atoms with Gasteiger partial charge in [0.25, 0.3) is 0 Å². The number of nitrogens with zero attached hydrogens (tertiary/aromatic N) is 2. The van der Waals surface area contributed by atoms with E-state index in [9.17, 15) is 0 Å². The quantitative estimate of drug-likeness (QED) is 0.292. The molecule has 3 nitrogen and oxygen atoms in total. The molecule has 0 bridgehead atoms. The van der Waals surface area contributed by atoms with Gasteiger partial charge in [-0.1, -0.05) is 56.4 Å². The van der Waals surface area contributed by atoms with E-state index < -0.39 is 0 Å². The molecule has 0 unspecified atom stereocenters. The van der Waals surface area contributed by atoms with Gasteiger partial charge in [0, 0.05) is 29.1 Å². The van der Waals surface area contributed by atoms with Gasteiger partial charge in [-0.25, -0.2) is 9.55 Å². The maximum atomic E-state index is 6.45. The normalized spacial score (nSPS) is 15.2. The van der Waals surface area contributed by atoms with E-state index in [2.05, 4.69) is 72.2 Å². The van der Waals surface area contributed by atoms with Gasteiger partial charge in [0.2, 0.25) is 11.4 Å². The molecule has 32 heavy (non-hydrogen) atoms. The highest BCUT2D eigenvalue weighted by atomic mass is 16.3. The third-order valence-corrected chi connectivity index (χ3v) is 7.39. The standard InChI is InChI=1S/C29H29N2O/c1-19-22-11-6-7-12-23(22)27-24-13-8-15-30-29(24)32-28(27)26(19)25-18-21(14-16-31(25)2)17-20-9-4-3-5-10-20/h6-8,11-16,18,20H,3-5,9-10,17H2,1-2H3/q+1. The third kappa shape index (κ3) is 3.10. The Kier molecular flexibility index (Phi) is 4.71. The predicted octanol–water partition coefficient (Wildman–Crippen LogP) is 7.06. The van der Waals surface area contributed by atoms with Crippen LogP contribution in [0.3, 0.4) is 0 Å². The van der Waals surface area contributed by atoms with Crippen LogP contribution in [-0.2, 0) is 13.5 Å². The largest absolute Gasteiger partial charge is 0.437 e. The topological polar surface area (TPSA) is 29.9 Å². The Morgan fingerprint density at radius 2 is 1.75 bits per heavy atom. The fourth-order valence-electron chi connectivity index (χ4n) is 5.73. The minimum absolute atomic E-state index is 0.709. The first kappa shape index (κ1) is 19.5. The minimum Gasteiger partial charge on any atom is -0.437 e. The van der Waals surface area contributed by atoms with Crippen molar-refractivity contribution in [1.29, 1.82) is 0 Å². The van der Waals surface area contributed by atoms with Crippen LogP contribution in [-0.4, -0.2) is 4.98 Å². The summed E-state index contributed by atoms with van der Waals surface area (Å²) >= 11 is 0. The molecule has 0 saturated heterocycles. The molecule has 0 spiro atoms. The van der Waals surface area contributed by atoms with Gasteiger partial charge < -0.3 is 4.42 Å². The van der Waals surface area contributed by atoms with Gasteiger partial charge in [-0.2, -0.15) is 0 Å². The second kappa shape index (κ2) is 7.74. The lowest BCUT2D eigenvalue weighted by atomic mass is 9.84. The lowest BCUT2D eigenvalue weighted by molar-refractivity contribution is -0.660. The highest BCUT2D eigenvalue weighted by molar-refractivity contribution is 6.22. The van der Waals surface area contributed by atoms with Crippen molar-refractivity contribution in [2.45, 2.75) is 45.4 Å². The molecule has 3 heteroatoms. The summed E-state index contributed by atoms with van der Waals surface area (Å²) in [5.74, 6) is 0.817. The van der Waals surface area contributed by atoms with Crippen LogP contribution >= 0.6 is 0 Å². The second-order valence-corrected chi connectivity index (χ2v) is 9.45. The van der Waals surface area contributed by atoms with Crippen LogP contribution in [0.1, 0.15) is 43.2 Å². The van der Waals surface area contributed by atoms with Gasteiger partial charge in [-0.05, 0) is 53.3 Å². The van der Waals surface area contributed by atoms with Gasteiger partial charge >= 0.3 is 0 Å². The Bertz CT molecular complexity index is 1460. The predicted molar refractivity (Wildman–Crippen MR) is 131 cm³/mol. The van der Waals surface area contributed by atoms with E-state index >= 15 is 0 Å². The van der Waals surface area contributed by atoms with Crippen molar-refractivity contribution >= 4 is 32.8 Å². The third-order valence-electron chi connectivity index (χ3n) is 7.39.